The molecule has 3 heterocycles. The number of rotatable bonds is 7. The maximum Gasteiger partial charge on any atom is 0.246 e. The van der Waals surface area contributed by atoms with Crippen LogP contribution >= 0.6 is 11.6 Å². The van der Waals surface area contributed by atoms with Crippen LogP contribution in [-0.2, 0) is 9.59 Å². The van der Waals surface area contributed by atoms with Gasteiger partial charge in [-0.2, -0.15) is 0 Å². The lowest BCUT2D eigenvalue weighted by atomic mass is 10.0. The molecule has 0 bridgehead atoms. The highest BCUT2D eigenvalue weighted by Gasteiger charge is 2.33. The number of phenols is 1. The lowest BCUT2D eigenvalue weighted by molar-refractivity contribution is -0.128. The van der Waals surface area contributed by atoms with Crippen LogP contribution in [0.4, 0.5) is 15.9 Å². The van der Waals surface area contributed by atoms with Crippen LogP contribution in [0.2, 0.25) is 5.02 Å². The van der Waals surface area contributed by atoms with Gasteiger partial charge in [0, 0.05) is 32.7 Å². The zero-order valence-corrected chi connectivity index (χ0v) is 24.9. The Morgan fingerprint density at radius 3 is 2.64 bits per heavy atom. The fourth-order valence-electron chi connectivity index (χ4n) is 5.17. The molecule has 12 heteroatoms. The maximum atomic E-state index is 15.1. The smallest absolute Gasteiger partial charge is 0.246 e. The second-order valence-electron chi connectivity index (χ2n) is 10.2. The second kappa shape index (κ2) is 12.6. The SMILES string of the molecule is C=CC(=O)N1CCN(/C(=N/C)c2cc(Cl)c(-c3c(O)cccc3F)nc2N(C=O)c2c(C)ncnc2C(C)C)C(C)C1. The fraction of sp³-hybridized carbons (Fsp3) is 0.333. The van der Waals surface area contributed by atoms with Crippen LogP contribution in [0.1, 0.15) is 43.6 Å². The molecular formula is C30H33ClFN7O3. The van der Waals surface area contributed by atoms with E-state index in [2.05, 4.69) is 21.5 Å². The third kappa shape index (κ3) is 5.69. The van der Waals surface area contributed by atoms with Gasteiger partial charge >= 0.3 is 0 Å². The van der Waals surface area contributed by atoms with Gasteiger partial charge in [-0.3, -0.25) is 19.5 Å². The number of carbonyl (C=O) groups excluding carboxylic acids is 2. The molecule has 0 aliphatic carbocycles. The van der Waals surface area contributed by atoms with Crippen molar-refractivity contribution in [2.75, 3.05) is 31.6 Å². The molecule has 1 aliphatic heterocycles. The summed E-state index contributed by atoms with van der Waals surface area (Å²) in [4.78, 5) is 48.3. The summed E-state index contributed by atoms with van der Waals surface area (Å²) in [6.45, 7) is 12.5. The van der Waals surface area contributed by atoms with E-state index in [1.54, 1.807) is 24.9 Å². The lowest BCUT2D eigenvalue weighted by Crippen LogP contribution is -2.55. The van der Waals surface area contributed by atoms with Crippen molar-refractivity contribution in [3.63, 3.8) is 0 Å². The zero-order valence-electron chi connectivity index (χ0n) is 24.2. The van der Waals surface area contributed by atoms with Gasteiger partial charge in [-0.1, -0.05) is 38.1 Å². The number of aromatic nitrogens is 3. The quantitative estimate of drug-likeness (QED) is 0.180. The first kappa shape index (κ1) is 30.6. The number of aromatic hydroxyl groups is 1. The Hall–Kier alpha value is -4.38. The summed E-state index contributed by atoms with van der Waals surface area (Å²) in [5.74, 6) is -0.764. The number of benzene rings is 1. The fourth-order valence-corrected chi connectivity index (χ4v) is 5.41. The van der Waals surface area contributed by atoms with E-state index >= 15 is 4.39 Å². The first-order valence-electron chi connectivity index (χ1n) is 13.4. The number of hydrogen-bond acceptors (Lipinski definition) is 7. The molecule has 1 N–H and O–H groups in total. The molecule has 1 aliphatic rings. The minimum Gasteiger partial charge on any atom is -0.507 e. The van der Waals surface area contributed by atoms with Crippen molar-refractivity contribution in [3.05, 3.63) is 71.0 Å². The molecule has 0 radical (unpaired) electrons. The zero-order chi connectivity index (χ0) is 30.7. The molecule has 42 heavy (non-hydrogen) atoms. The van der Waals surface area contributed by atoms with E-state index in [0.717, 1.165) is 0 Å². The number of nitrogens with zero attached hydrogens (tertiary/aromatic N) is 7. The van der Waals surface area contributed by atoms with Gasteiger partial charge in [-0.15, -0.1) is 0 Å². The minimum atomic E-state index is -0.733. The van der Waals surface area contributed by atoms with Crippen molar-refractivity contribution in [2.24, 2.45) is 4.99 Å². The molecule has 2 amide bonds. The molecule has 10 nitrogen and oxygen atoms in total. The Morgan fingerprint density at radius 1 is 1.31 bits per heavy atom. The van der Waals surface area contributed by atoms with Crippen molar-refractivity contribution in [3.8, 4) is 17.0 Å². The molecule has 1 aromatic carbocycles. The highest BCUT2D eigenvalue weighted by atomic mass is 35.5. The Kier molecular flexibility index (Phi) is 9.20. The summed E-state index contributed by atoms with van der Waals surface area (Å²) in [6.07, 6.45) is 3.31. The summed E-state index contributed by atoms with van der Waals surface area (Å²) in [7, 11) is 1.61. The number of halogens is 2. The van der Waals surface area contributed by atoms with Crippen molar-refractivity contribution < 1.29 is 19.1 Å². The van der Waals surface area contributed by atoms with Gasteiger partial charge in [0.15, 0.2) is 5.82 Å². The standard InChI is InChI=1S/C30H33ClFN7O3/c1-7-24(42)37-11-12-38(18(4)14-37)29(33-6)20-13-21(31)27(25-22(32)9-8-10-23(25)41)36-30(20)39(16-40)28-19(5)34-15-35-26(28)17(2)3/h7-10,13,15-18,41H,1,11-12,14H2,2-6H3/b33-29+. The number of amides is 2. The first-order valence-corrected chi connectivity index (χ1v) is 13.8. The van der Waals surface area contributed by atoms with E-state index in [1.165, 1.54) is 35.5 Å². The summed E-state index contributed by atoms with van der Waals surface area (Å²) in [5.41, 5.74) is 1.69. The Bertz CT molecular complexity index is 1540. The number of aryl methyl sites for hydroxylation is 1. The Balaban J connectivity index is 1.98. The predicted molar refractivity (Wildman–Crippen MR) is 161 cm³/mol. The van der Waals surface area contributed by atoms with E-state index in [0.29, 0.717) is 54.5 Å². The summed E-state index contributed by atoms with van der Waals surface area (Å²) < 4.78 is 15.1. The van der Waals surface area contributed by atoms with Crippen LogP contribution in [0.5, 0.6) is 5.75 Å². The lowest BCUT2D eigenvalue weighted by Gasteiger charge is -2.41. The van der Waals surface area contributed by atoms with Crippen molar-refractivity contribution >= 4 is 41.3 Å². The molecule has 3 aromatic rings. The maximum absolute atomic E-state index is 15.1. The molecular weight excluding hydrogens is 561 g/mol. The van der Waals surface area contributed by atoms with Gasteiger partial charge in [-0.05, 0) is 44.0 Å². The van der Waals surface area contributed by atoms with Crippen LogP contribution in [0.25, 0.3) is 11.3 Å². The number of piperazine rings is 1. The number of pyridine rings is 1. The molecule has 0 saturated carbocycles. The van der Waals surface area contributed by atoms with Gasteiger partial charge < -0.3 is 14.9 Å². The van der Waals surface area contributed by atoms with Gasteiger partial charge in [0.25, 0.3) is 0 Å². The molecule has 2 aromatic heterocycles. The first-order chi connectivity index (χ1) is 20.0. The molecule has 1 atom stereocenters. The number of carbonyl (C=O) groups is 2. The van der Waals surface area contributed by atoms with Crippen LogP contribution in [0.15, 0.2) is 48.2 Å². The van der Waals surface area contributed by atoms with Gasteiger partial charge in [0.1, 0.15) is 23.7 Å². The van der Waals surface area contributed by atoms with E-state index in [1.807, 2.05) is 25.7 Å². The topological polar surface area (TPSA) is 115 Å². The number of hydrogen-bond donors (Lipinski definition) is 1. The third-order valence-electron chi connectivity index (χ3n) is 7.18. The van der Waals surface area contributed by atoms with E-state index in [4.69, 9.17) is 16.6 Å². The van der Waals surface area contributed by atoms with Gasteiger partial charge in [-0.25, -0.2) is 19.3 Å². The third-order valence-corrected chi connectivity index (χ3v) is 7.47. The molecule has 0 spiro atoms. The van der Waals surface area contributed by atoms with Crippen molar-refractivity contribution in [1.29, 1.82) is 0 Å². The molecule has 4 rings (SSSR count). The molecule has 1 unspecified atom stereocenters. The monoisotopic (exact) mass is 593 g/mol. The van der Waals surface area contributed by atoms with Crippen LogP contribution < -0.4 is 4.90 Å². The predicted octanol–water partition coefficient (Wildman–Crippen LogP) is 4.86. The van der Waals surface area contributed by atoms with Crippen LogP contribution in [0.3, 0.4) is 0 Å². The summed E-state index contributed by atoms with van der Waals surface area (Å²) >= 11 is 6.74. The average Bonchev–Trinajstić information content (AvgIpc) is 2.96. The van der Waals surface area contributed by atoms with Gasteiger partial charge in [0.2, 0.25) is 12.3 Å². The largest absolute Gasteiger partial charge is 0.507 e. The van der Waals surface area contributed by atoms with Gasteiger partial charge in [0.05, 0.1) is 38.9 Å². The second-order valence-corrected chi connectivity index (χ2v) is 10.6. The number of phenolic OH excluding ortho intramolecular Hbond substituents is 1. The molecule has 220 valence electrons. The number of anilines is 2. The van der Waals surface area contributed by atoms with Crippen molar-refractivity contribution in [1.82, 2.24) is 24.8 Å². The average molecular weight is 594 g/mol. The highest BCUT2D eigenvalue weighted by Crippen LogP contribution is 2.41. The normalized spacial score (nSPS) is 15.6. The Morgan fingerprint density at radius 2 is 2.05 bits per heavy atom. The minimum absolute atomic E-state index is 0.0411. The number of aliphatic imine (C=N–C) groups is 1. The van der Waals surface area contributed by atoms with Crippen LogP contribution in [-0.4, -0.2) is 80.7 Å². The van der Waals surface area contributed by atoms with E-state index in [-0.39, 0.29) is 45.7 Å². The Labute approximate surface area is 249 Å². The summed E-state index contributed by atoms with van der Waals surface area (Å²) in [6, 6.07) is 5.29. The van der Waals surface area contributed by atoms with Crippen molar-refractivity contribution in [2.45, 2.75) is 39.7 Å². The highest BCUT2D eigenvalue weighted by molar-refractivity contribution is 6.33. The molecule has 1 fully saturated rings. The summed E-state index contributed by atoms with van der Waals surface area (Å²) in [5, 5.41) is 10.6. The van der Waals surface area contributed by atoms with E-state index < -0.39 is 5.82 Å². The number of amidine groups is 1. The van der Waals surface area contributed by atoms with Crippen LogP contribution in [0, 0.1) is 12.7 Å². The molecule has 1 saturated heterocycles. The van der Waals surface area contributed by atoms with E-state index in [9.17, 15) is 14.7 Å².